The van der Waals surface area contributed by atoms with E-state index in [1.165, 1.54) is 10.2 Å². The van der Waals surface area contributed by atoms with Crippen molar-refractivity contribution in [3.8, 4) is 0 Å². The Hall–Kier alpha value is -2.95. The van der Waals surface area contributed by atoms with Gasteiger partial charge in [0.15, 0.2) is 5.69 Å². The number of benzene rings is 2. The zero-order valence-corrected chi connectivity index (χ0v) is 15.5. The molecule has 1 heterocycles. The van der Waals surface area contributed by atoms with Crippen LogP contribution in [0, 0.1) is 0 Å². The second-order valence-corrected chi connectivity index (χ2v) is 7.30. The molecule has 134 valence electrons. The molecule has 3 aromatic rings. The summed E-state index contributed by atoms with van der Waals surface area (Å²) in [6.07, 6.45) is 0. The van der Waals surface area contributed by atoms with Gasteiger partial charge >= 0.3 is 0 Å². The van der Waals surface area contributed by atoms with E-state index in [4.69, 9.17) is 0 Å². The summed E-state index contributed by atoms with van der Waals surface area (Å²) in [5, 5.41) is 8.21. The molecule has 0 aliphatic rings. The van der Waals surface area contributed by atoms with E-state index in [1.807, 2.05) is 31.2 Å². The van der Waals surface area contributed by atoms with Crippen molar-refractivity contribution in [3.63, 3.8) is 0 Å². The predicted molar refractivity (Wildman–Crippen MR) is 105 cm³/mol. The number of carbonyl (C=O) groups is 1. The number of aromatic nitrogens is 2. The van der Waals surface area contributed by atoms with Gasteiger partial charge < -0.3 is 5.32 Å². The lowest BCUT2D eigenvalue weighted by molar-refractivity contribution is 0.102. The zero-order chi connectivity index (χ0) is 18.9. The molecule has 0 unspecified atom stereocenters. The summed E-state index contributed by atoms with van der Waals surface area (Å²) in [6, 6.07) is 14.8. The minimum Gasteiger partial charge on any atom is -0.321 e. The average molecular weight is 349 g/mol. The van der Waals surface area contributed by atoms with Crippen molar-refractivity contribution in [2.75, 3.05) is 5.32 Å². The molecule has 0 radical (unpaired) electrons. The second-order valence-electron chi connectivity index (χ2n) is 7.30. The number of fused-ring (bicyclic) bond motifs is 1. The zero-order valence-electron chi connectivity index (χ0n) is 15.5. The van der Waals surface area contributed by atoms with Crippen molar-refractivity contribution >= 4 is 22.4 Å². The van der Waals surface area contributed by atoms with Gasteiger partial charge in [0, 0.05) is 17.6 Å². The van der Waals surface area contributed by atoms with Crippen LogP contribution in [-0.4, -0.2) is 15.7 Å². The molecule has 3 rings (SSSR count). The first kappa shape index (κ1) is 17.9. The molecule has 5 heteroatoms. The summed E-state index contributed by atoms with van der Waals surface area (Å²) in [5.74, 6) is -0.327. The maximum absolute atomic E-state index is 12.8. The number of hydrogen-bond donors (Lipinski definition) is 1. The van der Waals surface area contributed by atoms with Crippen molar-refractivity contribution in [3.05, 3.63) is 70.1 Å². The molecule has 0 bridgehead atoms. The highest BCUT2D eigenvalue weighted by molar-refractivity contribution is 6.11. The summed E-state index contributed by atoms with van der Waals surface area (Å²) in [6.45, 7) is 8.67. The van der Waals surface area contributed by atoms with Gasteiger partial charge in [-0.1, -0.05) is 51.1 Å². The van der Waals surface area contributed by atoms with Crippen molar-refractivity contribution in [2.45, 2.75) is 39.7 Å². The van der Waals surface area contributed by atoms with E-state index in [1.54, 1.807) is 24.3 Å². The van der Waals surface area contributed by atoms with Crippen LogP contribution in [0.4, 0.5) is 5.69 Å². The molecule has 0 fully saturated rings. The number of carbonyl (C=O) groups excluding carboxylic acids is 1. The van der Waals surface area contributed by atoms with E-state index >= 15 is 0 Å². The molecule has 0 aliphatic heterocycles. The Labute approximate surface area is 152 Å². The molecule has 26 heavy (non-hydrogen) atoms. The number of rotatable bonds is 3. The van der Waals surface area contributed by atoms with Crippen LogP contribution in [0.1, 0.15) is 43.7 Å². The first-order valence-corrected chi connectivity index (χ1v) is 8.73. The Kier molecular flexibility index (Phi) is 4.64. The molecule has 2 aromatic carbocycles. The van der Waals surface area contributed by atoms with E-state index in [2.05, 4.69) is 31.2 Å². The molecule has 1 N–H and O–H groups in total. The molecule has 1 amide bonds. The van der Waals surface area contributed by atoms with Gasteiger partial charge in [0.25, 0.3) is 11.5 Å². The SMILES string of the molecule is CCn1nc(C(=O)Nc2ccc(C(C)(C)C)cc2)c2ccccc2c1=O. The molecular weight excluding hydrogens is 326 g/mol. The van der Waals surface area contributed by atoms with Crippen LogP contribution in [0.15, 0.2) is 53.3 Å². The summed E-state index contributed by atoms with van der Waals surface area (Å²) in [7, 11) is 0. The third-order valence-electron chi connectivity index (χ3n) is 4.39. The van der Waals surface area contributed by atoms with E-state index in [9.17, 15) is 9.59 Å². The lowest BCUT2D eigenvalue weighted by Crippen LogP contribution is -2.27. The molecule has 0 atom stereocenters. The first-order valence-electron chi connectivity index (χ1n) is 8.73. The van der Waals surface area contributed by atoms with Gasteiger partial charge in [-0.25, -0.2) is 4.68 Å². The Morgan fingerprint density at radius 3 is 2.23 bits per heavy atom. The number of amides is 1. The van der Waals surface area contributed by atoms with Gasteiger partial charge in [0.05, 0.1) is 5.39 Å². The summed E-state index contributed by atoms with van der Waals surface area (Å²) in [5.41, 5.74) is 2.01. The molecule has 0 saturated heterocycles. The molecule has 1 aromatic heterocycles. The number of nitrogens with one attached hydrogen (secondary N) is 1. The third-order valence-corrected chi connectivity index (χ3v) is 4.39. The lowest BCUT2D eigenvalue weighted by atomic mass is 9.87. The smallest absolute Gasteiger partial charge is 0.276 e. The van der Waals surface area contributed by atoms with Gasteiger partial charge in [0.1, 0.15) is 0 Å². The Balaban J connectivity index is 1.98. The third kappa shape index (κ3) is 3.38. The molecule has 0 spiro atoms. The Morgan fingerprint density at radius 1 is 1.04 bits per heavy atom. The highest BCUT2D eigenvalue weighted by atomic mass is 16.2. The van der Waals surface area contributed by atoms with Crippen LogP contribution in [0.25, 0.3) is 10.8 Å². The fraction of sp³-hybridized carbons (Fsp3) is 0.286. The van der Waals surface area contributed by atoms with Gasteiger partial charge in [-0.05, 0) is 36.1 Å². The van der Waals surface area contributed by atoms with Crippen molar-refractivity contribution in [1.29, 1.82) is 0 Å². The van der Waals surface area contributed by atoms with E-state index in [0.29, 0.717) is 23.0 Å². The van der Waals surface area contributed by atoms with Crippen molar-refractivity contribution in [1.82, 2.24) is 9.78 Å². The van der Waals surface area contributed by atoms with Gasteiger partial charge in [-0.2, -0.15) is 5.10 Å². The predicted octanol–water partition coefficient (Wildman–Crippen LogP) is 3.97. The van der Waals surface area contributed by atoms with Crippen LogP contribution < -0.4 is 10.9 Å². The lowest BCUT2D eigenvalue weighted by Gasteiger charge is -2.19. The Bertz CT molecular complexity index is 1010. The van der Waals surface area contributed by atoms with Gasteiger partial charge in [-0.3, -0.25) is 9.59 Å². The van der Waals surface area contributed by atoms with E-state index in [-0.39, 0.29) is 22.6 Å². The number of aryl methyl sites for hydroxylation is 1. The highest BCUT2D eigenvalue weighted by Gasteiger charge is 2.17. The summed E-state index contributed by atoms with van der Waals surface area (Å²) >= 11 is 0. The molecule has 5 nitrogen and oxygen atoms in total. The minimum absolute atomic E-state index is 0.0525. The number of nitrogens with zero attached hydrogens (tertiary/aromatic N) is 2. The molecule has 0 aliphatic carbocycles. The minimum atomic E-state index is -0.327. The Morgan fingerprint density at radius 2 is 1.65 bits per heavy atom. The van der Waals surface area contributed by atoms with Crippen LogP contribution in [0.5, 0.6) is 0 Å². The maximum atomic E-state index is 12.8. The monoisotopic (exact) mass is 349 g/mol. The normalized spacial score (nSPS) is 11.5. The average Bonchev–Trinajstić information content (AvgIpc) is 2.62. The topological polar surface area (TPSA) is 64.0 Å². The van der Waals surface area contributed by atoms with Crippen LogP contribution >= 0.6 is 0 Å². The van der Waals surface area contributed by atoms with Crippen LogP contribution in [0.3, 0.4) is 0 Å². The number of hydrogen-bond acceptors (Lipinski definition) is 3. The van der Waals surface area contributed by atoms with Crippen LogP contribution in [-0.2, 0) is 12.0 Å². The first-order chi connectivity index (χ1) is 12.3. The highest BCUT2D eigenvalue weighted by Crippen LogP contribution is 2.24. The van der Waals surface area contributed by atoms with E-state index in [0.717, 1.165) is 0 Å². The molecular formula is C21H23N3O2. The van der Waals surface area contributed by atoms with Gasteiger partial charge in [0.2, 0.25) is 0 Å². The van der Waals surface area contributed by atoms with Crippen molar-refractivity contribution in [2.24, 2.45) is 0 Å². The van der Waals surface area contributed by atoms with E-state index < -0.39 is 0 Å². The fourth-order valence-corrected chi connectivity index (χ4v) is 2.86. The molecule has 0 saturated carbocycles. The van der Waals surface area contributed by atoms with Crippen molar-refractivity contribution < 1.29 is 4.79 Å². The second kappa shape index (κ2) is 6.75. The quantitative estimate of drug-likeness (QED) is 0.778. The fourth-order valence-electron chi connectivity index (χ4n) is 2.86. The summed E-state index contributed by atoms with van der Waals surface area (Å²) < 4.78 is 1.32. The largest absolute Gasteiger partial charge is 0.321 e. The van der Waals surface area contributed by atoms with Crippen LogP contribution in [0.2, 0.25) is 0 Å². The van der Waals surface area contributed by atoms with Gasteiger partial charge in [-0.15, -0.1) is 0 Å². The number of anilines is 1. The maximum Gasteiger partial charge on any atom is 0.276 e. The standard InChI is InChI=1S/C21H23N3O2/c1-5-24-20(26)17-9-7-6-8-16(17)18(23-24)19(25)22-15-12-10-14(11-13-15)21(2,3)4/h6-13H,5H2,1-4H3,(H,22,25). The summed E-state index contributed by atoms with van der Waals surface area (Å²) in [4.78, 5) is 25.2.